The molecule has 0 spiro atoms. The third kappa shape index (κ3) is 4.32. The summed E-state index contributed by atoms with van der Waals surface area (Å²) in [4.78, 5) is 28.8. The van der Waals surface area contributed by atoms with E-state index in [0.29, 0.717) is 28.8 Å². The molecule has 2 amide bonds. The first-order valence-corrected chi connectivity index (χ1v) is 11.6. The highest BCUT2D eigenvalue weighted by Gasteiger charge is 2.43. The number of para-hydroxylation sites is 3. The monoisotopic (exact) mass is 449 g/mol. The van der Waals surface area contributed by atoms with Gasteiger partial charge in [0.2, 0.25) is 0 Å². The summed E-state index contributed by atoms with van der Waals surface area (Å²) in [6, 6.07) is 13.1. The molecular formula is C26H31N3O4. The van der Waals surface area contributed by atoms with E-state index in [4.69, 9.17) is 0 Å². The third-order valence-corrected chi connectivity index (χ3v) is 7.03. The van der Waals surface area contributed by atoms with E-state index in [2.05, 4.69) is 20.8 Å². The highest BCUT2D eigenvalue weighted by molar-refractivity contribution is 6.01. The Hall–Kier alpha value is -3.35. The average Bonchev–Trinajstić information content (AvgIpc) is 2.79. The summed E-state index contributed by atoms with van der Waals surface area (Å²) in [5.41, 5.74) is 1.47. The normalized spacial score (nSPS) is 23.6. The number of phenolic OH excluding ortho intramolecular Hbond substituents is 1. The Bertz CT molecular complexity index is 1080. The SMILES string of the molecule is CC1CCC(C(C)C)C(N2C(=O)N(c3ccccc3O)CC=C2c2ccccc2[N+](=O)[O-])C1. The second kappa shape index (κ2) is 9.25. The number of carbonyl (C=O) groups is 1. The molecule has 3 atom stereocenters. The fraction of sp³-hybridized carbons (Fsp3) is 0.423. The van der Waals surface area contributed by atoms with Gasteiger partial charge in [-0.1, -0.05) is 51.5 Å². The van der Waals surface area contributed by atoms with Gasteiger partial charge in [0, 0.05) is 18.7 Å². The zero-order valence-electron chi connectivity index (χ0n) is 19.3. The van der Waals surface area contributed by atoms with Crippen molar-refractivity contribution in [2.45, 2.75) is 46.1 Å². The first kappa shape index (κ1) is 22.8. The van der Waals surface area contributed by atoms with E-state index in [1.54, 1.807) is 52.3 Å². The Labute approximate surface area is 194 Å². The summed E-state index contributed by atoms with van der Waals surface area (Å²) in [6.45, 7) is 6.78. The summed E-state index contributed by atoms with van der Waals surface area (Å²) in [5, 5.41) is 22.3. The lowest BCUT2D eigenvalue weighted by Gasteiger charge is -2.47. The number of aromatic hydroxyl groups is 1. The van der Waals surface area contributed by atoms with Crippen molar-refractivity contribution in [1.82, 2.24) is 4.90 Å². The van der Waals surface area contributed by atoms with Crippen molar-refractivity contribution in [3.63, 3.8) is 0 Å². The maximum atomic E-state index is 14.0. The molecule has 174 valence electrons. The highest BCUT2D eigenvalue weighted by atomic mass is 16.6. The van der Waals surface area contributed by atoms with Gasteiger partial charge in [0.25, 0.3) is 5.69 Å². The van der Waals surface area contributed by atoms with Gasteiger partial charge >= 0.3 is 6.03 Å². The molecule has 1 fully saturated rings. The lowest BCUT2D eigenvalue weighted by molar-refractivity contribution is -0.385. The number of nitro groups is 1. The molecule has 33 heavy (non-hydrogen) atoms. The van der Waals surface area contributed by atoms with Crippen LogP contribution in [0.5, 0.6) is 5.75 Å². The maximum Gasteiger partial charge on any atom is 0.329 e. The van der Waals surface area contributed by atoms with Crippen LogP contribution in [0.1, 0.15) is 45.6 Å². The Morgan fingerprint density at radius 2 is 1.79 bits per heavy atom. The lowest BCUT2D eigenvalue weighted by atomic mass is 9.73. The van der Waals surface area contributed by atoms with Crippen LogP contribution in [0.2, 0.25) is 0 Å². The maximum absolute atomic E-state index is 14.0. The number of benzene rings is 2. The number of anilines is 1. The first-order chi connectivity index (χ1) is 15.8. The highest BCUT2D eigenvalue weighted by Crippen LogP contribution is 2.43. The number of carbonyl (C=O) groups excluding carboxylic acids is 1. The molecule has 1 aliphatic carbocycles. The van der Waals surface area contributed by atoms with Crippen molar-refractivity contribution in [2.75, 3.05) is 11.4 Å². The fourth-order valence-corrected chi connectivity index (χ4v) is 5.34. The van der Waals surface area contributed by atoms with Crippen molar-refractivity contribution in [3.8, 4) is 5.75 Å². The Morgan fingerprint density at radius 1 is 1.09 bits per heavy atom. The Balaban J connectivity index is 1.86. The van der Waals surface area contributed by atoms with Crippen LogP contribution >= 0.6 is 0 Å². The van der Waals surface area contributed by atoms with Crippen LogP contribution in [0.25, 0.3) is 5.70 Å². The van der Waals surface area contributed by atoms with E-state index in [1.165, 1.54) is 6.07 Å². The van der Waals surface area contributed by atoms with Crippen LogP contribution in [0.4, 0.5) is 16.2 Å². The molecule has 0 bridgehead atoms. The number of phenols is 1. The van der Waals surface area contributed by atoms with Gasteiger partial charge in [-0.05, 0) is 54.9 Å². The quantitative estimate of drug-likeness (QED) is 0.445. The topological polar surface area (TPSA) is 86.9 Å². The van der Waals surface area contributed by atoms with E-state index in [1.807, 2.05) is 6.08 Å². The van der Waals surface area contributed by atoms with Crippen LogP contribution in [-0.4, -0.2) is 33.5 Å². The van der Waals surface area contributed by atoms with Gasteiger partial charge in [-0.2, -0.15) is 0 Å². The molecule has 0 radical (unpaired) electrons. The molecule has 2 aromatic rings. The molecule has 4 rings (SSSR count). The number of urea groups is 1. The molecule has 2 aliphatic rings. The number of nitrogens with zero attached hydrogens (tertiary/aromatic N) is 3. The zero-order chi connectivity index (χ0) is 23.7. The second-order valence-electron chi connectivity index (χ2n) is 9.51. The van der Waals surface area contributed by atoms with E-state index in [9.17, 15) is 20.0 Å². The van der Waals surface area contributed by atoms with E-state index < -0.39 is 4.92 Å². The Kier molecular flexibility index (Phi) is 6.40. The summed E-state index contributed by atoms with van der Waals surface area (Å²) >= 11 is 0. The minimum atomic E-state index is -0.391. The number of hydrogen-bond acceptors (Lipinski definition) is 4. The molecule has 3 unspecified atom stereocenters. The van der Waals surface area contributed by atoms with Crippen molar-refractivity contribution < 1.29 is 14.8 Å². The molecule has 1 aliphatic heterocycles. The molecular weight excluding hydrogens is 418 g/mol. The van der Waals surface area contributed by atoms with Crippen LogP contribution in [0.15, 0.2) is 54.6 Å². The zero-order valence-corrected chi connectivity index (χ0v) is 19.3. The van der Waals surface area contributed by atoms with E-state index in [-0.39, 0.29) is 36.0 Å². The van der Waals surface area contributed by atoms with Crippen molar-refractivity contribution >= 4 is 23.1 Å². The van der Waals surface area contributed by atoms with Gasteiger partial charge in [-0.3, -0.25) is 19.9 Å². The van der Waals surface area contributed by atoms with Crippen LogP contribution in [0, 0.1) is 27.9 Å². The van der Waals surface area contributed by atoms with Crippen molar-refractivity contribution in [2.24, 2.45) is 17.8 Å². The molecule has 1 saturated carbocycles. The molecule has 1 heterocycles. The van der Waals surface area contributed by atoms with Crippen LogP contribution in [0.3, 0.4) is 0 Å². The summed E-state index contributed by atoms with van der Waals surface area (Å²) < 4.78 is 0. The first-order valence-electron chi connectivity index (χ1n) is 11.6. The molecule has 7 heteroatoms. The molecule has 2 aromatic carbocycles. The van der Waals surface area contributed by atoms with Gasteiger partial charge in [-0.15, -0.1) is 0 Å². The van der Waals surface area contributed by atoms with Crippen molar-refractivity contribution in [3.05, 3.63) is 70.3 Å². The van der Waals surface area contributed by atoms with Gasteiger partial charge in [0.1, 0.15) is 5.75 Å². The molecule has 7 nitrogen and oxygen atoms in total. The summed E-state index contributed by atoms with van der Waals surface area (Å²) in [5.74, 6) is 1.12. The van der Waals surface area contributed by atoms with Crippen LogP contribution in [-0.2, 0) is 0 Å². The largest absolute Gasteiger partial charge is 0.506 e. The number of nitro benzene ring substituents is 1. The van der Waals surface area contributed by atoms with Gasteiger partial charge in [0.05, 0.1) is 21.9 Å². The third-order valence-electron chi connectivity index (χ3n) is 7.03. The number of rotatable bonds is 5. The van der Waals surface area contributed by atoms with Crippen LogP contribution < -0.4 is 4.90 Å². The smallest absolute Gasteiger partial charge is 0.329 e. The van der Waals surface area contributed by atoms with Crippen molar-refractivity contribution in [1.29, 1.82) is 0 Å². The standard InChI is InChI=1S/C26H31N3O4/c1-17(2)19-13-12-18(3)16-24(19)28-21(20-8-4-5-9-22(20)29(32)33)14-15-27(26(28)31)23-10-6-7-11-25(23)30/h4-11,14,17-19,24,30H,12-13,15-16H2,1-3H3. The summed E-state index contributed by atoms with van der Waals surface area (Å²) in [7, 11) is 0. The van der Waals surface area contributed by atoms with E-state index >= 15 is 0 Å². The van der Waals surface area contributed by atoms with Gasteiger partial charge in [-0.25, -0.2) is 4.79 Å². The van der Waals surface area contributed by atoms with Gasteiger partial charge < -0.3 is 5.11 Å². The molecule has 0 aromatic heterocycles. The number of amides is 2. The Morgan fingerprint density at radius 3 is 2.48 bits per heavy atom. The fourth-order valence-electron chi connectivity index (χ4n) is 5.34. The van der Waals surface area contributed by atoms with Gasteiger partial charge in [0.15, 0.2) is 0 Å². The second-order valence-corrected chi connectivity index (χ2v) is 9.51. The number of hydrogen-bond donors (Lipinski definition) is 1. The lowest BCUT2D eigenvalue weighted by Crippen LogP contribution is -2.54. The predicted molar refractivity (Wildman–Crippen MR) is 129 cm³/mol. The predicted octanol–water partition coefficient (Wildman–Crippen LogP) is 6.04. The average molecular weight is 450 g/mol. The summed E-state index contributed by atoms with van der Waals surface area (Å²) in [6.07, 6.45) is 4.83. The minimum absolute atomic E-state index is 0.0116. The van der Waals surface area contributed by atoms with E-state index in [0.717, 1.165) is 19.3 Å². The molecule has 0 saturated heterocycles. The minimum Gasteiger partial charge on any atom is -0.506 e. The molecule has 1 N–H and O–H groups in total.